The summed E-state index contributed by atoms with van der Waals surface area (Å²) in [5, 5.41) is 0. The Hall–Kier alpha value is -0.590. The van der Waals surface area contributed by atoms with E-state index in [1.807, 2.05) is 6.92 Å². The predicted molar refractivity (Wildman–Crippen MR) is 85.1 cm³/mol. The minimum atomic E-state index is -3.49. The molecule has 0 amide bonds. The molecule has 1 aliphatic carbocycles. The van der Waals surface area contributed by atoms with Crippen LogP contribution in [0.15, 0.2) is 21.5 Å². The van der Waals surface area contributed by atoms with Gasteiger partial charge in [0.15, 0.2) is 0 Å². The van der Waals surface area contributed by atoms with Gasteiger partial charge < -0.3 is 5.73 Å². The van der Waals surface area contributed by atoms with Gasteiger partial charge in [-0.25, -0.2) is 8.42 Å². The smallest absolute Gasteiger partial charge is 0.243 e. The van der Waals surface area contributed by atoms with Gasteiger partial charge in [0.2, 0.25) is 10.0 Å². The molecule has 0 aliphatic heterocycles. The fourth-order valence-electron chi connectivity index (χ4n) is 2.89. The van der Waals surface area contributed by atoms with Crippen molar-refractivity contribution >= 4 is 31.6 Å². The summed E-state index contributed by atoms with van der Waals surface area (Å²) in [6.45, 7) is 4.16. The normalized spacial score (nSPS) is 17.0. The summed E-state index contributed by atoms with van der Waals surface area (Å²) in [6, 6.07) is 3.52. The van der Waals surface area contributed by atoms with Crippen LogP contribution in [-0.2, 0) is 10.0 Å². The fraction of sp³-hybridized carbons (Fsp3) is 0.571. The first-order chi connectivity index (χ1) is 9.37. The molecule has 0 atom stereocenters. The van der Waals surface area contributed by atoms with Crippen molar-refractivity contribution in [3.8, 4) is 0 Å². The van der Waals surface area contributed by atoms with Gasteiger partial charge in [-0.1, -0.05) is 35.7 Å². The van der Waals surface area contributed by atoms with Gasteiger partial charge in [0, 0.05) is 22.7 Å². The molecule has 1 aromatic carbocycles. The molecule has 0 unspecified atom stereocenters. The van der Waals surface area contributed by atoms with E-state index in [4.69, 9.17) is 5.73 Å². The second-order valence-electron chi connectivity index (χ2n) is 5.26. The number of nitrogen functional groups attached to an aromatic ring is 1. The molecule has 2 rings (SSSR count). The van der Waals surface area contributed by atoms with Crippen LogP contribution in [0.4, 0.5) is 5.69 Å². The Morgan fingerprint density at radius 3 is 2.50 bits per heavy atom. The van der Waals surface area contributed by atoms with E-state index in [0.717, 1.165) is 25.7 Å². The van der Waals surface area contributed by atoms with Gasteiger partial charge >= 0.3 is 0 Å². The SMILES string of the molecule is CCN(C1CCCC1)S(=O)(=O)c1cc(Br)cc(N)c1C. The molecule has 1 aromatic rings. The Balaban J connectivity index is 2.48. The molecule has 0 saturated heterocycles. The van der Waals surface area contributed by atoms with E-state index in [-0.39, 0.29) is 6.04 Å². The number of hydrogen-bond donors (Lipinski definition) is 1. The number of hydrogen-bond acceptors (Lipinski definition) is 3. The minimum Gasteiger partial charge on any atom is -0.398 e. The van der Waals surface area contributed by atoms with Crippen LogP contribution in [0.2, 0.25) is 0 Å². The van der Waals surface area contributed by atoms with Crippen LogP contribution >= 0.6 is 15.9 Å². The molecule has 4 nitrogen and oxygen atoms in total. The Bertz CT molecular complexity index is 595. The highest BCUT2D eigenvalue weighted by Crippen LogP contribution is 2.32. The summed E-state index contributed by atoms with van der Waals surface area (Å²) in [5.41, 5.74) is 7.03. The zero-order chi connectivity index (χ0) is 14.9. The predicted octanol–water partition coefficient (Wildman–Crippen LogP) is 3.29. The first-order valence-corrected chi connectivity index (χ1v) is 9.18. The standard InChI is InChI=1S/C14H21BrN2O2S/c1-3-17(12-6-4-5-7-12)20(18,19)14-9-11(15)8-13(16)10(14)2/h8-9,12H,3-7,16H2,1-2H3. The molecule has 0 aromatic heterocycles. The number of nitrogens with two attached hydrogens (primary N) is 1. The van der Waals surface area contributed by atoms with E-state index < -0.39 is 10.0 Å². The molecule has 1 fully saturated rings. The first-order valence-electron chi connectivity index (χ1n) is 6.95. The lowest BCUT2D eigenvalue weighted by Crippen LogP contribution is -2.38. The highest BCUT2D eigenvalue weighted by Gasteiger charge is 2.33. The molecule has 2 N–H and O–H groups in total. The second kappa shape index (κ2) is 6.03. The quantitative estimate of drug-likeness (QED) is 0.837. The van der Waals surface area contributed by atoms with E-state index in [2.05, 4.69) is 15.9 Å². The maximum atomic E-state index is 12.9. The van der Waals surface area contributed by atoms with E-state index in [1.54, 1.807) is 23.4 Å². The zero-order valence-electron chi connectivity index (χ0n) is 11.9. The molecule has 0 spiro atoms. The van der Waals surface area contributed by atoms with Crippen LogP contribution in [0, 0.1) is 6.92 Å². The van der Waals surface area contributed by atoms with Gasteiger partial charge in [0.25, 0.3) is 0 Å². The van der Waals surface area contributed by atoms with Crippen molar-refractivity contribution in [1.29, 1.82) is 0 Å². The Morgan fingerprint density at radius 2 is 1.95 bits per heavy atom. The number of benzene rings is 1. The molecule has 20 heavy (non-hydrogen) atoms. The highest BCUT2D eigenvalue weighted by atomic mass is 79.9. The summed E-state index contributed by atoms with van der Waals surface area (Å²) in [4.78, 5) is 0.318. The minimum absolute atomic E-state index is 0.129. The number of anilines is 1. The topological polar surface area (TPSA) is 63.4 Å². The number of halogens is 1. The van der Waals surface area contributed by atoms with Gasteiger partial charge in [0.1, 0.15) is 0 Å². The van der Waals surface area contributed by atoms with Crippen molar-refractivity contribution in [2.45, 2.75) is 50.5 Å². The first kappa shape index (κ1) is 15.8. The second-order valence-corrected chi connectivity index (χ2v) is 8.04. The number of sulfonamides is 1. The van der Waals surface area contributed by atoms with Gasteiger partial charge in [-0.3, -0.25) is 0 Å². The van der Waals surface area contributed by atoms with Crippen LogP contribution in [-0.4, -0.2) is 25.3 Å². The maximum absolute atomic E-state index is 12.9. The van der Waals surface area contributed by atoms with Crippen LogP contribution in [0.1, 0.15) is 38.2 Å². The molecule has 1 saturated carbocycles. The lowest BCUT2D eigenvalue weighted by Gasteiger charge is -2.27. The van der Waals surface area contributed by atoms with Gasteiger partial charge in [-0.05, 0) is 37.5 Å². The van der Waals surface area contributed by atoms with Gasteiger partial charge in [-0.2, -0.15) is 4.31 Å². The van der Waals surface area contributed by atoms with Crippen molar-refractivity contribution in [3.05, 3.63) is 22.2 Å². The third-order valence-corrected chi connectivity index (χ3v) is 6.61. The van der Waals surface area contributed by atoms with Crippen molar-refractivity contribution in [1.82, 2.24) is 4.31 Å². The molecule has 1 aliphatic rings. The third kappa shape index (κ3) is 2.87. The van der Waals surface area contributed by atoms with E-state index in [1.165, 1.54) is 0 Å². The average Bonchev–Trinajstić information content (AvgIpc) is 2.87. The van der Waals surface area contributed by atoms with Crippen molar-refractivity contribution < 1.29 is 8.42 Å². The number of nitrogens with zero attached hydrogens (tertiary/aromatic N) is 1. The third-order valence-electron chi connectivity index (χ3n) is 4.00. The summed E-state index contributed by atoms with van der Waals surface area (Å²) in [7, 11) is -3.49. The average molecular weight is 361 g/mol. The van der Waals surface area contributed by atoms with Crippen molar-refractivity contribution in [2.24, 2.45) is 0 Å². The molecular formula is C14H21BrN2O2S. The Labute approximate surface area is 129 Å². The molecular weight excluding hydrogens is 340 g/mol. The van der Waals surface area contributed by atoms with Crippen molar-refractivity contribution in [3.63, 3.8) is 0 Å². The number of rotatable bonds is 4. The Kier molecular flexibility index (Phi) is 4.76. The van der Waals surface area contributed by atoms with Crippen LogP contribution in [0.25, 0.3) is 0 Å². The van der Waals surface area contributed by atoms with Crippen LogP contribution < -0.4 is 5.73 Å². The summed E-state index contributed by atoms with van der Waals surface area (Å²) in [6.07, 6.45) is 4.12. The maximum Gasteiger partial charge on any atom is 0.243 e. The largest absolute Gasteiger partial charge is 0.398 e. The monoisotopic (exact) mass is 360 g/mol. The Morgan fingerprint density at radius 1 is 1.35 bits per heavy atom. The zero-order valence-corrected chi connectivity index (χ0v) is 14.3. The fourth-order valence-corrected chi connectivity index (χ4v) is 5.49. The van der Waals surface area contributed by atoms with E-state index in [0.29, 0.717) is 27.2 Å². The molecule has 0 radical (unpaired) electrons. The molecule has 0 bridgehead atoms. The molecule has 112 valence electrons. The lowest BCUT2D eigenvalue weighted by molar-refractivity contribution is 0.335. The summed E-state index contributed by atoms with van der Waals surface area (Å²) in [5.74, 6) is 0. The van der Waals surface area contributed by atoms with Gasteiger partial charge in [-0.15, -0.1) is 0 Å². The van der Waals surface area contributed by atoms with Crippen LogP contribution in [0.3, 0.4) is 0 Å². The molecule has 6 heteroatoms. The van der Waals surface area contributed by atoms with Crippen LogP contribution in [0.5, 0.6) is 0 Å². The lowest BCUT2D eigenvalue weighted by atomic mass is 10.2. The van der Waals surface area contributed by atoms with E-state index in [9.17, 15) is 8.42 Å². The summed E-state index contributed by atoms with van der Waals surface area (Å²) < 4.78 is 28.2. The van der Waals surface area contributed by atoms with Crippen molar-refractivity contribution in [2.75, 3.05) is 12.3 Å². The summed E-state index contributed by atoms with van der Waals surface area (Å²) >= 11 is 3.33. The highest BCUT2D eigenvalue weighted by molar-refractivity contribution is 9.10. The molecule has 0 heterocycles. The van der Waals surface area contributed by atoms with Gasteiger partial charge in [0.05, 0.1) is 4.90 Å². The van der Waals surface area contributed by atoms with E-state index >= 15 is 0 Å².